The largest absolute Gasteiger partial charge is 0.463 e. The van der Waals surface area contributed by atoms with Gasteiger partial charge in [0.25, 0.3) is 0 Å². The summed E-state index contributed by atoms with van der Waals surface area (Å²) >= 11 is 0. The number of anilines is 2. The molecule has 10 heteroatoms. The van der Waals surface area contributed by atoms with E-state index in [9.17, 15) is 13.2 Å². The van der Waals surface area contributed by atoms with Gasteiger partial charge in [-0.05, 0) is 55.0 Å². The number of hydrogen-bond acceptors (Lipinski definition) is 7. The van der Waals surface area contributed by atoms with Crippen molar-refractivity contribution in [2.45, 2.75) is 24.7 Å². The van der Waals surface area contributed by atoms with Crippen molar-refractivity contribution < 1.29 is 17.6 Å². The van der Waals surface area contributed by atoms with Crippen molar-refractivity contribution in [3.05, 3.63) is 54.8 Å². The molecule has 9 nitrogen and oxygen atoms in total. The maximum atomic E-state index is 13.0. The van der Waals surface area contributed by atoms with Crippen molar-refractivity contribution >= 4 is 27.4 Å². The van der Waals surface area contributed by atoms with Gasteiger partial charge in [-0.3, -0.25) is 4.79 Å². The molecule has 0 bridgehead atoms. The van der Waals surface area contributed by atoms with Crippen LogP contribution in [0.1, 0.15) is 19.8 Å². The SMILES string of the molecule is CCCC(=O)Nc1ccc(S(=O)(=O)N2CCN(c3ccc(-c4ccco4)nn3)CC2)cc1. The Kier molecular flexibility index (Phi) is 6.52. The minimum atomic E-state index is -3.61. The maximum absolute atomic E-state index is 13.0. The second kappa shape index (κ2) is 9.49. The first kappa shape index (κ1) is 22.0. The molecule has 1 fully saturated rings. The molecular formula is C22H25N5O4S. The van der Waals surface area contributed by atoms with E-state index in [0.29, 0.717) is 55.6 Å². The van der Waals surface area contributed by atoms with Crippen LogP contribution in [0.25, 0.3) is 11.5 Å². The average Bonchev–Trinajstić information content (AvgIpc) is 3.35. The number of aromatic nitrogens is 2. The molecule has 3 aromatic rings. The van der Waals surface area contributed by atoms with Crippen LogP contribution in [0.3, 0.4) is 0 Å². The molecule has 1 saturated heterocycles. The number of hydrogen-bond donors (Lipinski definition) is 1. The Labute approximate surface area is 187 Å². The Balaban J connectivity index is 1.37. The molecule has 32 heavy (non-hydrogen) atoms. The van der Waals surface area contributed by atoms with E-state index in [4.69, 9.17) is 4.42 Å². The van der Waals surface area contributed by atoms with Gasteiger partial charge in [0.2, 0.25) is 15.9 Å². The molecule has 0 radical (unpaired) electrons. The fourth-order valence-corrected chi connectivity index (χ4v) is 4.94. The molecule has 0 atom stereocenters. The van der Waals surface area contributed by atoms with Crippen molar-refractivity contribution in [2.24, 2.45) is 0 Å². The summed E-state index contributed by atoms with van der Waals surface area (Å²) in [5.41, 5.74) is 1.23. The lowest BCUT2D eigenvalue weighted by molar-refractivity contribution is -0.116. The number of nitrogens with one attached hydrogen (secondary N) is 1. The van der Waals surface area contributed by atoms with Crippen molar-refractivity contribution in [3.8, 4) is 11.5 Å². The first-order chi connectivity index (χ1) is 15.5. The summed E-state index contributed by atoms with van der Waals surface area (Å²) in [6.07, 6.45) is 2.77. The molecule has 0 unspecified atom stereocenters. The Bertz CT molecular complexity index is 1140. The summed E-state index contributed by atoms with van der Waals surface area (Å²) < 4.78 is 32.8. The van der Waals surface area contributed by atoms with Gasteiger partial charge in [0.05, 0.1) is 11.2 Å². The van der Waals surface area contributed by atoms with Crippen LogP contribution < -0.4 is 10.2 Å². The van der Waals surface area contributed by atoms with E-state index in [1.165, 1.54) is 16.4 Å². The van der Waals surface area contributed by atoms with Crippen molar-refractivity contribution in [1.82, 2.24) is 14.5 Å². The molecule has 1 N–H and O–H groups in total. The third-order valence-corrected chi connectivity index (χ3v) is 7.15. The summed E-state index contributed by atoms with van der Waals surface area (Å²) in [4.78, 5) is 13.9. The van der Waals surface area contributed by atoms with Gasteiger partial charge < -0.3 is 14.6 Å². The average molecular weight is 456 g/mol. The number of nitrogens with zero attached hydrogens (tertiary/aromatic N) is 4. The Morgan fingerprint density at radius 2 is 1.78 bits per heavy atom. The quantitative estimate of drug-likeness (QED) is 0.583. The summed E-state index contributed by atoms with van der Waals surface area (Å²) in [6.45, 7) is 3.65. The summed E-state index contributed by atoms with van der Waals surface area (Å²) in [5.74, 6) is 1.26. The molecule has 0 aliphatic carbocycles. The predicted molar refractivity (Wildman–Crippen MR) is 121 cm³/mol. The Hall–Kier alpha value is -3.24. The third kappa shape index (κ3) is 4.81. The minimum Gasteiger partial charge on any atom is -0.463 e. The van der Waals surface area contributed by atoms with E-state index < -0.39 is 10.0 Å². The van der Waals surface area contributed by atoms with Crippen LogP contribution >= 0.6 is 0 Å². The molecule has 3 heterocycles. The fraction of sp³-hybridized carbons (Fsp3) is 0.318. The minimum absolute atomic E-state index is 0.0838. The molecule has 1 aliphatic heterocycles. The molecule has 1 aromatic carbocycles. The standard InChI is InChI=1S/C22H25N5O4S/c1-2-4-22(28)23-17-6-8-18(9-7-17)32(29,30)27-14-12-26(13-15-27)21-11-10-19(24-25-21)20-5-3-16-31-20/h3,5-11,16H,2,4,12-15H2,1H3,(H,23,28). The van der Waals surface area contributed by atoms with Gasteiger partial charge >= 0.3 is 0 Å². The molecule has 0 saturated carbocycles. The smallest absolute Gasteiger partial charge is 0.243 e. The van der Waals surface area contributed by atoms with Crippen LogP contribution in [0.15, 0.2) is 64.1 Å². The second-order valence-electron chi connectivity index (χ2n) is 7.47. The molecular weight excluding hydrogens is 430 g/mol. The Morgan fingerprint density at radius 1 is 1.03 bits per heavy atom. The number of carbonyl (C=O) groups is 1. The number of rotatable bonds is 7. The lowest BCUT2D eigenvalue weighted by Gasteiger charge is -2.34. The molecule has 1 amide bonds. The number of piperazine rings is 1. The van der Waals surface area contributed by atoms with Gasteiger partial charge in [-0.2, -0.15) is 4.31 Å². The van der Waals surface area contributed by atoms with Crippen LogP contribution in [0, 0.1) is 0 Å². The van der Waals surface area contributed by atoms with Gasteiger partial charge in [-0.15, -0.1) is 10.2 Å². The van der Waals surface area contributed by atoms with E-state index >= 15 is 0 Å². The first-order valence-corrected chi connectivity index (χ1v) is 11.9. The normalized spacial score (nSPS) is 15.0. The van der Waals surface area contributed by atoms with Crippen LogP contribution in [-0.2, 0) is 14.8 Å². The zero-order valence-electron chi connectivity index (χ0n) is 17.8. The van der Waals surface area contributed by atoms with E-state index in [1.807, 2.05) is 30.0 Å². The first-order valence-electron chi connectivity index (χ1n) is 10.5. The predicted octanol–water partition coefficient (Wildman–Crippen LogP) is 2.99. The lowest BCUT2D eigenvalue weighted by atomic mass is 10.3. The Morgan fingerprint density at radius 3 is 2.38 bits per heavy atom. The highest BCUT2D eigenvalue weighted by Crippen LogP contribution is 2.23. The van der Waals surface area contributed by atoms with Gasteiger partial charge in [0.1, 0.15) is 5.69 Å². The number of amides is 1. The highest BCUT2D eigenvalue weighted by atomic mass is 32.2. The number of sulfonamides is 1. The van der Waals surface area contributed by atoms with Gasteiger partial charge in [0.15, 0.2) is 11.6 Å². The molecule has 0 spiro atoms. The van der Waals surface area contributed by atoms with E-state index in [1.54, 1.807) is 24.5 Å². The van der Waals surface area contributed by atoms with E-state index in [-0.39, 0.29) is 10.8 Å². The van der Waals surface area contributed by atoms with E-state index in [2.05, 4.69) is 15.5 Å². The zero-order chi connectivity index (χ0) is 22.6. The topological polar surface area (TPSA) is 109 Å². The molecule has 168 valence electrons. The van der Waals surface area contributed by atoms with Crippen molar-refractivity contribution in [2.75, 3.05) is 36.4 Å². The number of furan rings is 1. The fourth-order valence-electron chi connectivity index (χ4n) is 3.52. The zero-order valence-corrected chi connectivity index (χ0v) is 18.6. The van der Waals surface area contributed by atoms with Gasteiger partial charge in [-0.1, -0.05) is 6.92 Å². The van der Waals surface area contributed by atoms with Crippen molar-refractivity contribution in [1.29, 1.82) is 0 Å². The summed E-state index contributed by atoms with van der Waals surface area (Å²) in [5, 5.41) is 11.2. The highest BCUT2D eigenvalue weighted by Gasteiger charge is 2.29. The summed E-state index contributed by atoms with van der Waals surface area (Å²) in [6, 6.07) is 13.6. The number of carbonyl (C=O) groups excluding carboxylic acids is 1. The maximum Gasteiger partial charge on any atom is 0.243 e. The summed E-state index contributed by atoms with van der Waals surface area (Å²) in [7, 11) is -3.61. The van der Waals surface area contributed by atoms with Crippen LogP contribution in [0.2, 0.25) is 0 Å². The second-order valence-corrected chi connectivity index (χ2v) is 9.41. The number of benzene rings is 1. The highest BCUT2D eigenvalue weighted by molar-refractivity contribution is 7.89. The molecule has 1 aliphatic rings. The van der Waals surface area contributed by atoms with Gasteiger partial charge in [0, 0.05) is 38.3 Å². The lowest BCUT2D eigenvalue weighted by Crippen LogP contribution is -2.49. The molecule has 2 aromatic heterocycles. The molecule has 4 rings (SSSR count). The van der Waals surface area contributed by atoms with Crippen LogP contribution in [-0.4, -0.2) is 55.0 Å². The third-order valence-electron chi connectivity index (χ3n) is 5.24. The monoisotopic (exact) mass is 455 g/mol. The van der Waals surface area contributed by atoms with Crippen molar-refractivity contribution in [3.63, 3.8) is 0 Å². The van der Waals surface area contributed by atoms with Gasteiger partial charge in [-0.25, -0.2) is 8.42 Å². The van der Waals surface area contributed by atoms with Crippen LogP contribution in [0.5, 0.6) is 0 Å². The van der Waals surface area contributed by atoms with E-state index in [0.717, 1.165) is 6.42 Å². The van der Waals surface area contributed by atoms with Crippen LogP contribution in [0.4, 0.5) is 11.5 Å².